The predicted octanol–water partition coefficient (Wildman–Crippen LogP) is -1.48. The molecule has 0 saturated carbocycles. The molecule has 0 spiro atoms. The molecular weight excluding hydrogens is 546 g/mol. The molecule has 0 radical (unpaired) electrons. The van der Waals surface area contributed by atoms with E-state index in [2.05, 4.69) is 26.6 Å². The molecule has 0 saturated heterocycles. The van der Waals surface area contributed by atoms with Crippen LogP contribution in [0.15, 0.2) is 0 Å². The van der Waals surface area contributed by atoms with E-state index in [1.807, 2.05) is 0 Å². The lowest BCUT2D eigenvalue weighted by Gasteiger charge is -2.25. The van der Waals surface area contributed by atoms with Crippen molar-refractivity contribution in [2.45, 2.75) is 95.8 Å². The zero-order chi connectivity index (χ0) is 31.5. The number of Topliss-reactive ketones (excluding diaryl/α,β-unsaturated/α-hetero) is 1. The Balaban J connectivity index is 5.49. The fourth-order valence-electron chi connectivity index (χ4n) is 3.76. The average Bonchev–Trinajstić information content (AvgIpc) is 2.87. The Bertz CT molecular complexity index is 956. The number of ketones is 1. The summed E-state index contributed by atoms with van der Waals surface area (Å²) in [5.74, 6) is -7.03. The number of hydrogen-bond acceptors (Lipinski definition) is 9. The van der Waals surface area contributed by atoms with Gasteiger partial charge in [0, 0.05) is 32.7 Å². The van der Waals surface area contributed by atoms with Crippen LogP contribution in [0.4, 0.5) is 0 Å². The van der Waals surface area contributed by atoms with Crippen molar-refractivity contribution in [3.05, 3.63) is 0 Å². The summed E-state index contributed by atoms with van der Waals surface area (Å²) in [7, 11) is 1.66. The number of rotatable bonds is 22. The molecular formula is C25H41N5O11. The molecule has 41 heavy (non-hydrogen) atoms. The number of likely N-dealkylation sites (N-methyl/N-ethyl adjacent to an activating group) is 1. The van der Waals surface area contributed by atoms with Crippen LogP contribution in [-0.2, 0) is 38.4 Å². The molecule has 4 amide bonds. The lowest BCUT2D eigenvalue weighted by molar-refractivity contribution is -0.140. The smallest absolute Gasteiger partial charge is 0.303 e. The topological polar surface area (TPSA) is 257 Å². The van der Waals surface area contributed by atoms with E-state index in [1.165, 1.54) is 6.92 Å². The van der Waals surface area contributed by atoms with Gasteiger partial charge in [0.15, 0.2) is 0 Å². The Morgan fingerprint density at radius 1 is 0.561 bits per heavy atom. The second-order valence-electron chi connectivity index (χ2n) is 9.41. The van der Waals surface area contributed by atoms with E-state index in [0.29, 0.717) is 19.3 Å². The van der Waals surface area contributed by atoms with E-state index in [1.54, 1.807) is 7.05 Å². The number of carboxylic acid groups (broad SMARTS) is 3. The maximum Gasteiger partial charge on any atom is 0.303 e. The van der Waals surface area contributed by atoms with E-state index >= 15 is 0 Å². The van der Waals surface area contributed by atoms with Gasteiger partial charge in [-0.2, -0.15) is 0 Å². The van der Waals surface area contributed by atoms with Gasteiger partial charge in [-0.1, -0.05) is 0 Å². The Kier molecular flexibility index (Phi) is 17.9. The summed E-state index contributed by atoms with van der Waals surface area (Å²) in [6.07, 6.45) is -0.901. The zero-order valence-corrected chi connectivity index (χ0v) is 23.5. The molecule has 0 aliphatic carbocycles. The van der Waals surface area contributed by atoms with Crippen molar-refractivity contribution in [3.63, 3.8) is 0 Å². The lowest BCUT2D eigenvalue weighted by Crippen LogP contribution is -2.56. The first-order chi connectivity index (χ1) is 19.2. The van der Waals surface area contributed by atoms with Crippen LogP contribution in [0.5, 0.6) is 0 Å². The van der Waals surface area contributed by atoms with Crippen LogP contribution in [-0.4, -0.2) is 100 Å². The van der Waals surface area contributed by atoms with Crippen LogP contribution in [0, 0.1) is 0 Å². The molecule has 0 aromatic rings. The molecule has 1 unspecified atom stereocenters. The molecule has 0 fully saturated rings. The maximum absolute atomic E-state index is 13.0. The number of carbonyl (C=O) groups excluding carboxylic acids is 5. The normalized spacial score (nSPS) is 13.5. The molecule has 0 aromatic heterocycles. The Morgan fingerprint density at radius 2 is 0.976 bits per heavy atom. The maximum atomic E-state index is 13.0. The van der Waals surface area contributed by atoms with Gasteiger partial charge >= 0.3 is 17.9 Å². The van der Waals surface area contributed by atoms with E-state index in [-0.39, 0.29) is 31.2 Å². The molecule has 16 heteroatoms. The molecule has 0 bridgehead atoms. The molecule has 4 atom stereocenters. The van der Waals surface area contributed by atoms with Crippen LogP contribution >= 0.6 is 0 Å². The van der Waals surface area contributed by atoms with Crippen LogP contribution in [0.3, 0.4) is 0 Å². The summed E-state index contributed by atoms with van der Waals surface area (Å²) in [6.45, 7) is 2.73. The standard InChI is InChI=1S/C25H41N5O11/c1-14(31)16(26-3)6-4-5-13-27-23(39)17(7-10-20(33)34)29-25(41)19(9-12-22(37)38)30-24(40)18(28-15(2)32)8-11-21(35)36/h16-19,26H,4-13H2,1-3H3,(H,27,39)(H,28,32)(H,29,41)(H,30,40)(H,33,34)(H,35,36)(H,37,38)/t16-,17?,18-,19-/m0/s1. The summed E-state index contributed by atoms with van der Waals surface area (Å²) in [5.41, 5.74) is 0. The monoisotopic (exact) mass is 587 g/mol. The number of carboxylic acids is 3. The number of aliphatic carboxylic acids is 3. The van der Waals surface area contributed by atoms with E-state index in [0.717, 1.165) is 6.92 Å². The van der Waals surface area contributed by atoms with Crippen LogP contribution < -0.4 is 26.6 Å². The first kappa shape index (κ1) is 36.9. The minimum Gasteiger partial charge on any atom is -0.481 e. The Labute approximate surface area is 237 Å². The van der Waals surface area contributed by atoms with Gasteiger partial charge in [-0.3, -0.25) is 38.4 Å². The van der Waals surface area contributed by atoms with Gasteiger partial charge in [0.2, 0.25) is 23.6 Å². The summed E-state index contributed by atoms with van der Waals surface area (Å²) in [5, 5.41) is 39.4. The van der Waals surface area contributed by atoms with Crippen molar-refractivity contribution in [1.29, 1.82) is 0 Å². The first-order valence-corrected chi connectivity index (χ1v) is 13.2. The summed E-state index contributed by atoms with van der Waals surface area (Å²) >= 11 is 0. The number of amides is 4. The third kappa shape index (κ3) is 17.3. The number of nitrogens with one attached hydrogen (secondary N) is 5. The lowest BCUT2D eigenvalue weighted by atomic mass is 10.1. The quantitative estimate of drug-likeness (QED) is 0.0675. The highest BCUT2D eigenvalue weighted by Crippen LogP contribution is 2.06. The minimum absolute atomic E-state index is 0.0252. The van der Waals surface area contributed by atoms with Crippen LogP contribution in [0.2, 0.25) is 0 Å². The fraction of sp³-hybridized carbons (Fsp3) is 0.680. The van der Waals surface area contributed by atoms with Gasteiger partial charge in [-0.05, 0) is 52.5 Å². The van der Waals surface area contributed by atoms with E-state index in [9.17, 15) is 38.4 Å². The summed E-state index contributed by atoms with van der Waals surface area (Å²) in [6, 6.07) is -4.48. The highest BCUT2D eigenvalue weighted by molar-refractivity contribution is 5.94. The van der Waals surface area contributed by atoms with Crippen molar-refractivity contribution >= 4 is 47.3 Å². The van der Waals surface area contributed by atoms with E-state index in [4.69, 9.17) is 15.3 Å². The highest BCUT2D eigenvalue weighted by Gasteiger charge is 2.30. The molecule has 8 N–H and O–H groups in total. The van der Waals surface area contributed by atoms with Crippen molar-refractivity contribution in [2.24, 2.45) is 0 Å². The molecule has 0 heterocycles. The van der Waals surface area contributed by atoms with Crippen LogP contribution in [0.1, 0.15) is 71.6 Å². The highest BCUT2D eigenvalue weighted by atomic mass is 16.4. The average molecular weight is 588 g/mol. The second-order valence-corrected chi connectivity index (χ2v) is 9.41. The summed E-state index contributed by atoms with van der Waals surface area (Å²) in [4.78, 5) is 94.7. The Morgan fingerprint density at radius 3 is 1.34 bits per heavy atom. The van der Waals surface area contributed by atoms with E-state index < -0.39 is 85.3 Å². The molecule has 0 aliphatic heterocycles. The van der Waals surface area contributed by atoms with Gasteiger partial charge in [0.05, 0.1) is 6.04 Å². The molecule has 0 aliphatic rings. The first-order valence-electron chi connectivity index (χ1n) is 13.2. The number of unbranched alkanes of at least 4 members (excludes halogenated alkanes) is 1. The molecule has 16 nitrogen and oxygen atoms in total. The van der Waals surface area contributed by atoms with Gasteiger partial charge in [0.1, 0.15) is 23.9 Å². The SMILES string of the molecule is CN[C@@H](CCCCNC(=O)C(CCC(=O)O)NC(=O)[C@H](CCC(=O)O)NC(=O)[C@H](CCC(=O)O)NC(C)=O)C(C)=O. The van der Waals surface area contributed by atoms with Crippen molar-refractivity contribution in [2.75, 3.05) is 13.6 Å². The number of carbonyl (C=O) groups is 8. The molecule has 0 aromatic carbocycles. The molecule has 0 rings (SSSR count). The third-order valence-electron chi connectivity index (χ3n) is 5.96. The van der Waals surface area contributed by atoms with Gasteiger partial charge in [-0.25, -0.2) is 0 Å². The largest absolute Gasteiger partial charge is 0.481 e. The van der Waals surface area contributed by atoms with Crippen molar-refractivity contribution in [3.8, 4) is 0 Å². The van der Waals surface area contributed by atoms with Crippen molar-refractivity contribution in [1.82, 2.24) is 26.6 Å². The van der Waals surface area contributed by atoms with Gasteiger partial charge in [0.25, 0.3) is 0 Å². The molecule has 232 valence electrons. The predicted molar refractivity (Wildman–Crippen MR) is 142 cm³/mol. The third-order valence-corrected chi connectivity index (χ3v) is 5.96. The summed E-state index contributed by atoms with van der Waals surface area (Å²) < 4.78 is 0. The fourth-order valence-corrected chi connectivity index (χ4v) is 3.76. The number of hydrogen-bond donors (Lipinski definition) is 8. The van der Waals surface area contributed by atoms with Crippen LogP contribution in [0.25, 0.3) is 0 Å². The zero-order valence-electron chi connectivity index (χ0n) is 23.5. The Hall–Kier alpha value is -4.08. The second kappa shape index (κ2) is 19.9. The van der Waals surface area contributed by atoms with Crippen molar-refractivity contribution < 1.29 is 53.7 Å². The van der Waals surface area contributed by atoms with Gasteiger partial charge < -0.3 is 41.9 Å². The minimum atomic E-state index is -1.50. The van der Waals surface area contributed by atoms with Gasteiger partial charge in [-0.15, -0.1) is 0 Å².